The average molecular weight is 383 g/mol. The van der Waals surface area contributed by atoms with E-state index in [1.807, 2.05) is 0 Å². The van der Waals surface area contributed by atoms with Crippen LogP contribution in [0, 0.1) is 23.4 Å². The van der Waals surface area contributed by atoms with Crippen molar-refractivity contribution >= 4 is 5.69 Å². The van der Waals surface area contributed by atoms with E-state index in [0.29, 0.717) is 13.0 Å². The molecule has 0 saturated heterocycles. The highest BCUT2D eigenvalue weighted by atomic mass is 19.1. The van der Waals surface area contributed by atoms with Gasteiger partial charge in [0.05, 0.1) is 18.8 Å². The zero-order chi connectivity index (χ0) is 19.8. The predicted octanol–water partition coefficient (Wildman–Crippen LogP) is 4.00. The number of hydrogen-bond acceptors (Lipinski definition) is 4. The Labute approximate surface area is 156 Å². The molecule has 0 saturated carbocycles. The van der Waals surface area contributed by atoms with Gasteiger partial charge >= 0.3 is 0 Å². The molecule has 4 nitrogen and oxygen atoms in total. The molecule has 0 spiro atoms. The summed E-state index contributed by atoms with van der Waals surface area (Å²) in [6.07, 6.45) is -0.672. The molecule has 27 heavy (non-hydrogen) atoms. The highest BCUT2D eigenvalue weighted by molar-refractivity contribution is 5.42. The van der Waals surface area contributed by atoms with Gasteiger partial charge in [-0.25, -0.2) is 13.2 Å². The van der Waals surface area contributed by atoms with E-state index in [-0.39, 0.29) is 30.2 Å². The van der Waals surface area contributed by atoms with Gasteiger partial charge < -0.3 is 19.9 Å². The second-order valence-electron chi connectivity index (χ2n) is 6.44. The lowest BCUT2D eigenvalue weighted by molar-refractivity contribution is 0.0185. The van der Waals surface area contributed by atoms with Crippen molar-refractivity contribution in [3.63, 3.8) is 0 Å². The van der Waals surface area contributed by atoms with Crippen LogP contribution in [0.1, 0.15) is 13.3 Å². The lowest BCUT2D eigenvalue weighted by Gasteiger charge is -2.24. The Morgan fingerprint density at radius 2 is 1.63 bits per heavy atom. The van der Waals surface area contributed by atoms with Crippen molar-refractivity contribution in [2.75, 3.05) is 25.6 Å². The number of aliphatic hydroxyl groups excluding tert-OH is 1. The Bertz CT molecular complexity index is 692. The normalized spacial score (nSPS) is 14.4. The highest BCUT2D eigenvalue weighted by Gasteiger charge is 2.20. The summed E-state index contributed by atoms with van der Waals surface area (Å²) in [5.74, 6) is -1.95. The summed E-state index contributed by atoms with van der Waals surface area (Å²) < 4.78 is 50.0. The number of aliphatic hydroxyl groups is 1. The van der Waals surface area contributed by atoms with E-state index in [0.717, 1.165) is 23.9 Å². The molecular weight excluding hydrogens is 359 g/mol. The third-order valence-corrected chi connectivity index (χ3v) is 4.22. The molecule has 0 aliphatic rings. The Morgan fingerprint density at radius 1 is 1.00 bits per heavy atom. The van der Waals surface area contributed by atoms with Gasteiger partial charge in [-0.15, -0.1) is 0 Å². The summed E-state index contributed by atoms with van der Waals surface area (Å²) >= 11 is 0. The largest absolute Gasteiger partial charge is 0.493 e. The number of anilines is 1. The van der Waals surface area contributed by atoms with Gasteiger partial charge in [-0.05, 0) is 24.3 Å². The maximum atomic E-state index is 13.2. The first-order valence-electron chi connectivity index (χ1n) is 8.66. The molecule has 148 valence electrons. The third-order valence-electron chi connectivity index (χ3n) is 4.22. The lowest BCUT2D eigenvalue weighted by atomic mass is 9.99. The fraction of sp³-hybridized carbons (Fsp3) is 0.400. The molecule has 0 heterocycles. The first kappa shape index (κ1) is 21.1. The van der Waals surface area contributed by atoms with Crippen LogP contribution in [0.25, 0.3) is 0 Å². The Morgan fingerprint density at radius 3 is 2.22 bits per heavy atom. The minimum atomic E-state index is -0.733. The lowest BCUT2D eigenvalue weighted by Crippen LogP contribution is -2.32. The minimum Gasteiger partial charge on any atom is -0.493 e. The van der Waals surface area contributed by atoms with Crippen molar-refractivity contribution in [1.29, 1.82) is 0 Å². The van der Waals surface area contributed by atoms with Crippen molar-refractivity contribution in [3.05, 3.63) is 59.9 Å². The van der Waals surface area contributed by atoms with Crippen LogP contribution < -0.4 is 10.1 Å². The standard InChI is InChI=1S/C20H24F3NO3/c1-13(12-27-18-8-15(22)7-16(23)9-18)20(25)10-19(26-2)11-24-17-5-3-14(21)4-6-17/h3-9,13,19-20,24-25H,10-12H2,1-2H3. The molecule has 0 radical (unpaired) electrons. The van der Waals surface area contributed by atoms with E-state index in [9.17, 15) is 18.3 Å². The smallest absolute Gasteiger partial charge is 0.129 e. The van der Waals surface area contributed by atoms with Crippen LogP contribution in [-0.2, 0) is 4.74 Å². The zero-order valence-electron chi connectivity index (χ0n) is 15.3. The molecule has 3 unspecified atom stereocenters. The number of halogens is 3. The number of benzene rings is 2. The van der Waals surface area contributed by atoms with Crippen LogP contribution in [0.2, 0.25) is 0 Å². The van der Waals surface area contributed by atoms with Gasteiger partial charge in [0.2, 0.25) is 0 Å². The van der Waals surface area contributed by atoms with Gasteiger partial charge in [-0.1, -0.05) is 6.92 Å². The molecule has 2 N–H and O–H groups in total. The molecular formula is C20H24F3NO3. The molecule has 2 aromatic rings. The third kappa shape index (κ3) is 7.11. The molecule has 0 aromatic heterocycles. The molecule has 2 rings (SSSR count). The number of nitrogens with one attached hydrogen (secondary N) is 1. The van der Waals surface area contributed by atoms with Crippen molar-refractivity contribution in [2.45, 2.75) is 25.6 Å². The molecule has 0 bridgehead atoms. The molecule has 0 fully saturated rings. The average Bonchev–Trinajstić information content (AvgIpc) is 2.63. The maximum Gasteiger partial charge on any atom is 0.129 e. The maximum absolute atomic E-state index is 13.2. The van der Waals surface area contributed by atoms with E-state index >= 15 is 0 Å². The zero-order valence-corrected chi connectivity index (χ0v) is 15.3. The Kier molecular flexibility index (Phi) is 7.94. The number of ether oxygens (including phenoxy) is 2. The van der Waals surface area contributed by atoms with E-state index in [2.05, 4.69) is 5.32 Å². The van der Waals surface area contributed by atoms with E-state index in [4.69, 9.17) is 9.47 Å². The fourth-order valence-electron chi connectivity index (χ4n) is 2.51. The molecule has 2 aromatic carbocycles. The van der Waals surface area contributed by atoms with E-state index < -0.39 is 17.7 Å². The SMILES string of the molecule is COC(CNc1ccc(F)cc1)CC(O)C(C)COc1cc(F)cc(F)c1. The first-order valence-corrected chi connectivity index (χ1v) is 8.66. The second-order valence-corrected chi connectivity index (χ2v) is 6.44. The summed E-state index contributed by atoms with van der Waals surface area (Å²) in [6.45, 7) is 2.31. The van der Waals surface area contributed by atoms with Crippen molar-refractivity contribution in [3.8, 4) is 5.75 Å². The minimum absolute atomic E-state index is 0.0767. The molecule has 0 amide bonds. The van der Waals surface area contributed by atoms with Crippen LogP contribution in [0.3, 0.4) is 0 Å². The molecule has 7 heteroatoms. The Balaban J connectivity index is 1.80. The summed E-state index contributed by atoms with van der Waals surface area (Å²) in [5, 5.41) is 13.5. The van der Waals surface area contributed by atoms with Gasteiger partial charge in [0.15, 0.2) is 0 Å². The van der Waals surface area contributed by atoms with Crippen LogP contribution in [-0.4, -0.2) is 37.6 Å². The molecule has 0 aliphatic carbocycles. The number of methoxy groups -OCH3 is 1. The monoisotopic (exact) mass is 383 g/mol. The predicted molar refractivity (Wildman–Crippen MR) is 97.3 cm³/mol. The van der Waals surface area contributed by atoms with E-state index in [1.165, 1.54) is 12.1 Å². The number of rotatable bonds is 10. The highest BCUT2D eigenvalue weighted by Crippen LogP contribution is 2.18. The van der Waals surface area contributed by atoms with Gasteiger partial charge in [-0.2, -0.15) is 0 Å². The van der Waals surface area contributed by atoms with Gasteiger partial charge in [0, 0.05) is 49.9 Å². The van der Waals surface area contributed by atoms with Crippen molar-refractivity contribution in [2.24, 2.45) is 5.92 Å². The van der Waals surface area contributed by atoms with Gasteiger partial charge in [0.25, 0.3) is 0 Å². The summed E-state index contributed by atoms with van der Waals surface area (Å²) in [6, 6.07) is 8.89. The summed E-state index contributed by atoms with van der Waals surface area (Å²) in [4.78, 5) is 0. The van der Waals surface area contributed by atoms with Gasteiger partial charge in [0.1, 0.15) is 23.2 Å². The van der Waals surface area contributed by atoms with Crippen LogP contribution in [0.15, 0.2) is 42.5 Å². The van der Waals surface area contributed by atoms with Gasteiger partial charge in [-0.3, -0.25) is 0 Å². The summed E-state index contributed by atoms with van der Waals surface area (Å²) in [5.41, 5.74) is 0.748. The van der Waals surface area contributed by atoms with E-state index in [1.54, 1.807) is 26.2 Å². The first-order chi connectivity index (χ1) is 12.9. The Hall–Kier alpha value is -2.25. The molecule has 0 aliphatic heterocycles. The fourth-order valence-corrected chi connectivity index (χ4v) is 2.51. The summed E-state index contributed by atoms with van der Waals surface area (Å²) in [7, 11) is 1.54. The second kappa shape index (κ2) is 10.2. The van der Waals surface area contributed by atoms with Crippen molar-refractivity contribution < 1.29 is 27.8 Å². The quantitative estimate of drug-likeness (QED) is 0.651. The van der Waals surface area contributed by atoms with Crippen molar-refractivity contribution in [1.82, 2.24) is 0 Å². The molecule has 3 atom stereocenters. The topological polar surface area (TPSA) is 50.7 Å². The number of hydrogen-bond donors (Lipinski definition) is 2. The van der Waals surface area contributed by atoms with Crippen LogP contribution in [0.4, 0.5) is 18.9 Å². The van der Waals surface area contributed by atoms with Crippen LogP contribution in [0.5, 0.6) is 5.75 Å². The van der Waals surface area contributed by atoms with Crippen LogP contribution >= 0.6 is 0 Å².